The molecule has 2 aromatic rings. The molecule has 0 bridgehead atoms. The normalized spacial score (nSPS) is 12.3. The zero-order valence-corrected chi connectivity index (χ0v) is 14.6. The van der Waals surface area contributed by atoms with E-state index in [0.29, 0.717) is 31.0 Å². The number of nitrogens with zero attached hydrogens (tertiary/aromatic N) is 2. The van der Waals surface area contributed by atoms with Crippen molar-refractivity contribution in [2.24, 2.45) is 4.99 Å². The Morgan fingerprint density at radius 2 is 2.00 bits per heavy atom. The zero-order valence-electron chi connectivity index (χ0n) is 13.8. The highest BCUT2D eigenvalue weighted by Crippen LogP contribution is 2.30. The van der Waals surface area contributed by atoms with Crippen molar-refractivity contribution in [3.8, 4) is 0 Å². The number of aromatic nitrogens is 1. The molecular formula is C16H17F5N4S. The quantitative estimate of drug-likeness (QED) is 0.447. The Morgan fingerprint density at radius 3 is 2.62 bits per heavy atom. The maximum atomic E-state index is 13.6. The Hall–Kier alpha value is -2.23. The van der Waals surface area contributed by atoms with Gasteiger partial charge in [-0.25, -0.2) is 18.8 Å². The number of benzene rings is 1. The molecule has 0 saturated carbocycles. The van der Waals surface area contributed by atoms with E-state index in [4.69, 9.17) is 0 Å². The predicted octanol–water partition coefficient (Wildman–Crippen LogP) is 3.74. The van der Waals surface area contributed by atoms with Gasteiger partial charge in [0.05, 0.1) is 6.54 Å². The fourth-order valence-electron chi connectivity index (χ4n) is 2.04. The molecule has 0 atom stereocenters. The maximum absolute atomic E-state index is 13.6. The number of rotatable bonds is 6. The van der Waals surface area contributed by atoms with Crippen LogP contribution in [0, 0.1) is 11.6 Å². The Bertz CT molecular complexity index is 757. The highest BCUT2D eigenvalue weighted by Gasteiger charge is 2.33. The van der Waals surface area contributed by atoms with E-state index in [1.54, 1.807) is 0 Å². The topological polar surface area (TPSA) is 49.3 Å². The molecule has 0 unspecified atom stereocenters. The first kappa shape index (κ1) is 20.1. The van der Waals surface area contributed by atoms with Crippen molar-refractivity contribution in [2.75, 3.05) is 13.1 Å². The van der Waals surface area contributed by atoms with Gasteiger partial charge >= 0.3 is 6.18 Å². The molecule has 0 aliphatic rings. The molecule has 0 aliphatic carbocycles. The molecule has 1 heterocycles. The fourth-order valence-corrected chi connectivity index (χ4v) is 2.77. The smallest absolute Gasteiger partial charge is 0.357 e. The monoisotopic (exact) mass is 392 g/mol. The molecule has 1 aromatic heterocycles. The number of aliphatic imine (C=N–C) groups is 1. The molecule has 4 nitrogen and oxygen atoms in total. The van der Waals surface area contributed by atoms with Crippen molar-refractivity contribution in [2.45, 2.75) is 26.1 Å². The minimum atomic E-state index is -4.47. The van der Waals surface area contributed by atoms with Gasteiger partial charge in [0.2, 0.25) is 0 Å². The second-order valence-electron chi connectivity index (χ2n) is 5.23. The van der Waals surface area contributed by atoms with Crippen LogP contribution in [-0.4, -0.2) is 24.0 Å². The van der Waals surface area contributed by atoms with Crippen molar-refractivity contribution in [1.29, 1.82) is 0 Å². The lowest BCUT2D eigenvalue weighted by Crippen LogP contribution is -2.38. The molecule has 0 fully saturated rings. The first-order chi connectivity index (χ1) is 12.3. The van der Waals surface area contributed by atoms with Gasteiger partial charge in [-0.2, -0.15) is 13.2 Å². The Kier molecular flexibility index (Phi) is 6.90. The lowest BCUT2D eigenvalue weighted by Gasteiger charge is -2.11. The van der Waals surface area contributed by atoms with Gasteiger partial charge in [0.1, 0.15) is 16.6 Å². The SMILES string of the molecule is CCNC(=NCc1nc(C(F)(F)F)cs1)NCCc1ccc(F)cc1F. The third-order valence-corrected chi connectivity index (χ3v) is 4.09. The van der Waals surface area contributed by atoms with Gasteiger partial charge in [0.25, 0.3) is 0 Å². The first-order valence-electron chi connectivity index (χ1n) is 7.77. The molecule has 0 amide bonds. The number of alkyl halides is 3. The van der Waals surface area contributed by atoms with Crippen LogP contribution in [0.5, 0.6) is 0 Å². The van der Waals surface area contributed by atoms with Crippen LogP contribution < -0.4 is 10.6 Å². The summed E-state index contributed by atoms with van der Waals surface area (Å²) >= 11 is 0.882. The summed E-state index contributed by atoms with van der Waals surface area (Å²) in [6, 6.07) is 3.36. The van der Waals surface area contributed by atoms with E-state index in [-0.39, 0.29) is 11.6 Å². The van der Waals surface area contributed by atoms with E-state index in [1.807, 2.05) is 6.92 Å². The summed E-state index contributed by atoms with van der Waals surface area (Å²) in [5.41, 5.74) is -0.582. The van der Waals surface area contributed by atoms with Gasteiger partial charge in [-0.15, -0.1) is 11.3 Å². The van der Waals surface area contributed by atoms with Crippen molar-refractivity contribution < 1.29 is 22.0 Å². The van der Waals surface area contributed by atoms with E-state index in [0.717, 1.165) is 22.8 Å². The number of hydrogen-bond donors (Lipinski definition) is 2. The molecular weight excluding hydrogens is 375 g/mol. The average Bonchev–Trinajstić information content (AvgIpc) is 3.04. The van der Waals surface area contributed by atoms with Crippen molar-refractivity contribution >= 4 is 17.3 Å². The van der Waals surface area contributed by atoms with Gasteiger partial charge in [0, 0.05) is 24.5 Å². The van der Waals surface area contributed by atoms with Gasteiger partial charge < -0.3 is 10.6 Å². The lowest BCUT2D eigenvalue weighted by molar-refractivity contribution is -0.140. The van der Waals surface area contributed by atoms with Gasteiger partial charge in [-0.1, -0.05) is 6.07 Å². The Labute approximate surface area is 151 Å². The van der Waals surface area contributed by atoms with Crippen LogP contribution >= 0.6 is 11.3 Å². The van der Waals surface area contributed by atoms with Crippen LogP contribution in [0.15, 0.2) is 28.6 Å². The first-order valence-corrected chi connectivity index (χ1v) is 8.65. The molecule has 26 heavy (non-hydrogen) atoms. The van der Waals surface area contributed by atoms with E-state index in [1.165, 1.54) is 12.1 Å². The summed E-state index contributed by atoms with van der Waals surface area (Å²) in [6.45, 7) is 2.69. The number of guanidine groups is 1. The number of hydrogen-bond acceptors (Lipinski definition) is 3. The summed E-state index contributed by atoms with van der Waals surface area (Å²) < 4.78 is 64.1. The fraction of sp³-hybridized carbons (Fsp3) is 0.375. The largest absolute Gasteiger partial charge is 0.434 e. The van der Waals surface area contributed by atoms with Crippen molar-refractivity contribution in [1.82, 2.24) is 15.6 Å². The van der Waals surface area contributed by atoms with E-state index in [2.05, 4.69) is 20.6 Å². The zero-order chi connectivity index (χ0) is 19.2. The van der Waals surface area contributed by atoms with Crippen LogP contribution in [0.2, 0.25) is 0 Å². The van der Waals surface area contributed by atoms with Gasteiger partial charge in [-0.3, -0.25) is 0 Å². The molecule has 2 rings (SSSR count). The molecule has 0 radical (unpaired) electrons. The van der Waals surface area contributed by atoms with E-state index in [9.17, 15) is 22.0 Å². The van der Waals surface area contributed by atoms with Crippen molar-refractivity contribution in [3.05, 3.63) is 51.5 Å². The summed E-state index contributed by atoms with van der Waals surface area (Å²) in [7, 11) is 0. The predicted molar refractivity (Wildman–Crippen MR) is 90.0 cm³/mol. The second-order valence-corrected chi connectivity index (χ2v) is 6.17. The molecule has 10 heteroatoms. The summed E-state index contributed by atoms with van der Waals surface area (Å²) in [5, 5.41) is 7.07. The Balaban J connectivity index is 1.93. The number of nitrogens with one attached hydrogen (secondary N) is 2. The van der Waals surface area contributed by atoms with Gasteiger partial charge in [0.15, 0.2) is 11.7 Å². The minimum Gasteiger partial charge on any atom is -0.357 e. The van der Waals surface area contributed by atoms with Crippen LogP contribution in [0.1, 0.15) is 23.2 Å². The molecule has 0 saturated heterocycles. The van der Waals surface area contributed by atoms with Gasteiger partial charge in [-0.05, 0) is 25.0 Å². The van der Waals surface area contributed by atoms with Crippen LogP contribution in [-0.2, 0) is 19.1 Å². The lowest BCUT2D eigenvalue weighted by atomic mass is 10.1. The summed E-state index contributed by atoms with van der Waals surface area (Å²) in [6.07, 6.45) is -4.17. The van der Waals surface area contributed by atoms with Crippen LogP contribution in [0.25, 0.3) is 0 Å². The van der Waals surface area contributed by atoms with Crippen LogP contribution in [0.4, 0.5) is 22.0 Å². The molecule has 1 aromatic carbocycles. The van der Waals surface area contributed by atoms with Crippen molar-refractivity contribution in [3.63, 3.8) is 0 Å². The third kappa shape index (κ3) is 5.94. The highest BCUT2D eigenvalue weighted by molar-refractivity contribution is 7.09. The number of thiazole rings is 1. The molecule has 0 aliphatic heterocycles. The molecule has 142 valence electrons. The summed E-state index contributed by atoms with van der Waals surface area (Å²) in [4.78, 5) is 7.68. The average molecular weight is 392 g/mol. The molecule has 2 N–H and O–H groups in total. The number of halogens is 5. The summed E-state index contributed by atoms with van der Waals surface area (Å²) in [5.74, 6) is -0.897. The van der Waals surface area contributed by atoms with E-state index < -0.39 is 23.5 Å². The maximum Gasteiger partial charge on any atom is 0.434 e. The minimum absolute atomic E-state index is 0.0129. The molecule has 0 spiro atoms. The third-order valence-electron chi connectivity index (χ3n) is 3.26. The second kappa shape index (κ2) is 8.93. The van der Waals surface area contributed by atoms with E-state index >= 15 is 0 Å². The standard InChI is InChI=1S/C16H17F5N4S/c1-2-22-15(23-6-5-10-3-4-11(17)7-12(10)18)24-8-14-25-13(9-26-14)16(19,20)21/h3-4,7,9H,2,5-6,8H2,1H3,(H2,22,23,24). The Morgan fingerprint density at radius 1 is 1.23 bits per heavy atom. The van der Waals surface area contributed by atoms with Crippen LogP contribution in [0.3, 0.4) is 0 Å². The highest BCUT2D eigenvalue weighted by atomic mass is 32.1.